The van der Waals surface area contributed by atoms with Gasteiger partial charge in [0.2, 0.25) is 0 Å². The highest BCUT2D eigenvalue weighted by Gasteiger charge is 2.27. The molecular formula is C12H12BrF2NO3. The molecule has 1 atom stereocenters. The normalized spacial score (nSPS) is 12.3. The van der Waals surface area contributed by atoms with Crippen molar-refractivity contribution < 1.29 is 23.5 Å². The zero-order valence-corrected chi connectivity index (χ0v) is 11.8. The fourth-order valence-electron chi connectivity index (χ4n) is 1.49. The molecule has 1 amide bonds. The average molecular weight is 336 g/mol. The Morgan fingerprint density at radius 1 is 1.26 bits per heavy atom. The largest absolute Gasteiger partial charge is 0.480 e. The van der Waals surface area contributed by atoms with Gasteiger partial charge in [-0.3, -0.25) is 4.79 Å². The summed E-state index contributed by atoms with van der Waals surface area (Å²) >= 11 is 2.89. The van der Waals surface area contributed by atoms with Gasteiger partial charge in [-0.2, -0.15) is 0 Å². The molecule has 0 radical (unpaired) electrons. The second kappa shape index (κ2) is 6.10. The van der Waals surface area contributed by atoms with E-state index in [4.69, 9.17) is 5.11 Å². The highest BCUT2D eigenvalue weighted by Crippen LogP contribution is 2.19. The van der Waals surface area contributed by atoms with Gasteiger partial charge in [-0.15, -0.1) is 0 Å². The first-order chi connectivity index (χ1) is 8.73. The topological polar surface area (TPSA) is 66.4 Å². The minimum absolute atomic E-state index is 0.151. The van der Waals surface area contributed by atoms with Crippen LogP contribution in [0, 0.1) is 17.6 Å². The lowest BCUT2D eigenvalue weighted by Gasteiger charge is -2.18. The molecule has 0 aliphatic rings. The molecule has 1 aromatic carbocycles. The Bertz CT molecular complexity index is 497. The number of carbonyl (C=O) groups excluding carboxylic acids is 1. The van der Waals surface area contributed by atoms with Gasteiger partial charge in [0.05, 0.1) is 0 Å². The lowest BCUT2D eigenvalue weighted by Crippen LogP contribution is -2.44. The molecule has 0 bridgehead atoms. The molecule has 0 aromatic heterocycles. The number of carboxylic acid groups (broad SMARTS) is 1. The van der Waals surface area contributed by atoms with Crippen LogP contribution in [-0.2, 0) is 4.79 Å². The Labute approximate surface area is 116 Å². The quantitative estimate of drug-likeness (QED) is 0.888. The predicted octanol–water partition coefficient (Wildman–Crippen LogP) is 2.57. The minimum Gasteiger partial charge on any atom is -0.480 e. The molecule has 7 heteroatoms. The van der Waals surface area contributed by atoms with Crippen LogP contribution in [0.25, 0.3) is 0 Å². The molecule has 2 N–H and O–H groups in total. The van der Waals surface area contributed by atoms with Gasteiger partial charge in [-0.1, -0.05) is 29.8 Å². The van der Waals surface area contributed by atoms with E-state index in [2.05, 4.69) is 21.2 Å². The standard InChI is InChI=1S/C12H12BrF2NO3/c1-5(2)10(12(18)19)16-11(17)9-7(14)3-6(13)4-8(9)15/h3-5,10H,1-2H3,(H,16,17)(H,18,19)/t10-/m1/s1. The van der Waals surface area contributed by atoms with Crippen molar-refractivity contribution in [3.05, 3.63) is 33.8 Å². The van der Waals surface area contributed by atoms with E-state index >= 15 is 0 Å². The van der Waals surface area contributed by atoms with Crippen LogP contribution in [0.4, 0.5) is 8.78 Å². The highest BCUT2D eigenvalue weighted by molar-refractivity contribution is 9.10. The third-order valence-electron chi connectivity index (χ3n) is 2.45. The number of hydrogen-bond donors (Lipinski definition) is 2. The van der Waals surface area contributed by atoms with Gasteiger partial charge in [0, 0.05) is 4.47 Å². The van der Waals surface area contributed by atoms with Crippen molar-refractivity contribution in [1.29, 1.82) is 0 Å². The van der Waals surface area contributed by atoms with Gasteiger partial charge < -0.3 is 10.4 Å². The Balaban J connectivity index is 3.05. The van der Waals surface area contributed by atoms with Crippen LogP contribution in [0.15, 0.2) is 16.6 Å². The van der Waals surface area contributed by atoms with Gasteiger partial charge in [0.1, 0.15) is 23.2 Å². The lowest BCUT2D eigenvalue weighted by atomic mass is 10.0. The van der Waals surface area contributed by atoms with E-state index < -0.39 is 41.0 Å². The van der Waals surface area contributed by atoms with E-state index in [1.807, 2.05) is 0 Å². The third-order valence-corrected chi connectivity index (χ3v) is 2.91. The monoisotopic (exact) mass is 335 g/mol. The fraction of sp³-hybridized carbons (Fsp3) is 0.333. The summed E-state index contributed by atoms with van der Waals surface area (Å²) in [6, 6.07) is 0.654. The van der Waals surface area contributed by atoms with E-state index in [0.717, 1.165) is 12.1 Å². The SMILES string of the molecule is CC(C)[C@@H](NC(=O)c1c(F)cc(Br)cc1F)C(=O)O. The van der Waals surface area contributed by atoms with Crippen LogP contribution in [0.1, 0.15) is 24.2 Å². The molecular weight excluding hydrogens is 324 g/mol. The minimum atomic E-state index is -1.26. The van der Waals surface area contributed by atoms with Crippen LogP contribution in [-0.4, -0.2) is 23.0 Å². The number of hydrogen-bond acceptors (Lipinski definition) is 2. The smallest absolute Gasteiger partial charge is 0.326 e. The van der Waals surface area contributed by atoms with Crippen LogP contribution in [0.2, 0.25) is 0 Å². The van der Waals surface area contributed by atoms with Crippen molar-refractivity contribution in [2.24, 2.45) is 5.92 Å². The van der Waals surface area contributed by atoms with Crippen molar-refractivity contribution in [2.75, 3.05) is 0 Å². The summed E-state index contributed by atoms with van der Waals surface area (Å²) in [4.78, 5) is 22.7. The predicted molar refractivity (Wildman–Crippen MR) is 67.8 cm³/mol. The van der Waals surface area contributed by atoms with Gasteiger partial charge >= 0.3 is 5.97 Å². The summed E-state index contributed by atoms with van der Waals surface area (Å²) in [5.41, 5.74) is -0.796. The molecule has 19 heavy (non-hydrogen) atoms. The number of aliphatic carboxylic acids is 1. The molecule has 104 valence electrons. The van der Waals surface area contributed by atoms with E-state index in [9.17, 15) is 18.4 Å². The molecule has 0 spiro atoms. The maximum absolute atomic E-state index is 13.5. The number of nitrogens with one attached hydrogen (secondary N) is 1. The van der Waals surface area contributed by atoms with Crippen LogP contribution in [0.3, 0.4) is 0 Å². The van der Waals surface area contributed by atoms with Gasteiger partial charge in [0.25, 0.3) is 5.91 Å². The number of amides is 1. The molecule has 0 saturated carbocycles. The number of carboxylic acids is 1. The second-order valence-electron chi connectivity index (χ2n) is 4.28. The van der Waals surface area contributed by atoms with Crippen molar-refractivity contribution in [1.82, 2.24) is 5.32 Å². The molecule has 0 aliphatic carbocycles. The lowest BCUT2D eigenvalue weighted by molar-refractivity contribution is -0.140. The number of benzene rings is 1. The van der Waals surface area contributed by atoms with Gasteiger partial charge in [-0.05, 0) is 18.1 Å². The zero-order valence-electron chi connectivity index (χ0n) is 10.2. The van der Waals surface area contributed by atoms with Crippen molar-refractivity contribution in [3.63, 3.8) is 0 Å². The Morgan fingerprint density at radius 2 is 1.74 bits per heavy atom. The molecule has 1 rings (SSSR count). The fourth-order valence-corrected chi connectivity index (χ4v) is 1.89. The number of rotatable bonds is 4. The summed E-state index contributed by atoms with van der Waals surface area (Å²) < 4.78 is 27.2. The first-order valence-electron chi connectivity index (χ1n) is 5.42. The molecule has 0 heterocycles. The number of halogens is 3. The first-order valence-corrected chi connectivity index (χ1v) is 6.21. The molecule has 0 fully saturated rings. The Hall–Kier alpha value is -1.50. The van der Waals surface area contributed by atoms with E-state index in [-0.39, 0.29) is 4.47 Å². The zero-order chi connectivity index (χ0) is 14.7. The van der Waals surface area contributed by atoms with Crippen molar-refractivity contribution in [3.8, 4) is 0 Å². The summed E-state index contributed by atoms with van der Waals surface area (Å²) in [7, 11) is 0. The highest BCUT2D eigenvalue weighted by atomic mass is 79.9. The van der Waals surface area contributed by atoms with Crippen molar-refractivity contribution in [2.45, 2.75) is 19.9 Å². The summed E-state index contributed by atoms with van der Waals surface area (Å²) in [6.07, 6.45) is 0. The second-order valence-corrected chi connectivity index (χ2v) is 5.19. The van der Waals surface area contributed by atoms with Crippen molar-refractivity contribution >= 4 is 27.8 Å². The molecule has 0 aliphatic heterocycles. The van der Waals surface area contributed by atoms with E-state index in [1.165, 1.54) is 0 Å². The molecule has 0 unspecified atom stereocenters. The molecule has 1 aromatic rings. The van der Waals surface area contributed by atoms with Crippen LogP contribution < -0.4 is 5.32 Å². The van der Waals surface area contributed by atoms with Gasteiger partial charge in [-0.25, -0.2) is 13.6 Å². The summed E-state index contributed by atoms with van der Waals surface area (Å²) in [6.45, 7) is 3.15. The van der Waals surface area contributed by atoms with E-state index in [1.54, 1.807) is 13.8 Å². The average Bonchev–Trinajstić information content (AvgIpc) is 2.23. The summed E-state index contributed by atoms with van der Waals surface area (Å²) in [5.74, 6) is -4.89. The maximum Gasteiger partial charge on any atom is 0.326 e. The van der Waals surface area contributed by atoms with Gasteiger partial charge in [0.15, 0.2) is 0 Å². The molecule has 4 nitrogen and oxygen atoms in total. The maximum atomic E-state index is 13.5. The number of carbonyl (C=O) groups is 2. The van der Waals surface area contributed by atoms with Crippen LogP contribution >= 0.6 is 15.9 Å². The Kier molecular flexibility index (Phi) is 4.99. The van der Waals surface area contributed by atoms with Crippen LogP contribution in [0.5, 0.6) is 0 Å². The van der Waals surface area contributed by atoms with E-state index in [0.29, 0.717) is 0 Å². The summed E-state index contributed by atoms with van der Waals surface area (Å²) in [5, 5.41) is 11.0. The third kappa shape index (κ3) is 3.73. The first kappa shape index (κ1) is 15.6. The molecule has 0 saturated heterocycles. The Morgan fingerprint density at radius 3 is 2.11 bits per heavy atom.